The Hall–Kier alpha value is -2.50. The number of aromatic nitrogens is 4. The van der Waals surface area contributed by atoms with Crippen molar-refractivity contribution in [2.45, 2.75) is 91.4 Å². The minimum absolute atomic E-state index is 0. The van der Waals surface area contributed by atoms with E-state index in [1.165, 1.54) is 18.1 Å². The number of hydrogen-bond donors (Lipinski definition) is 1. The van der Waals surface area contributed by atoms with Crippen LogP contribution in [0.3, 0.4) is 0 Å². The van der Waals surface area contributed by atoms with Gasteiger partial charge < -0.3 is 19.3 Å². The molecule has 0 saturated heterocycles. The Balaban J connectivity index is 0.00000480. The van der Waals surface area contributed by atoms with Crippen LogP contribution in [-0.4, -0.2) is 84.5 Å². The summed E-state index contributed by atoms with van der Waals surface area (Å²) in [4.78, 5) is 53.8. The number of aliphatic hydroxyl groups is 1. The molecule has 3 fully saturated rings. The van der Waals surface area contributed by atoms with Gasteiger partial charge in [-0.1, -0.05) is 33.8 Å². The second-order valence-corrected chi connectivity index (χ2v) is 15.3. The first-order valence-corrected chi connectivity index (χ1v) is 17.5. The van der Waals surface area contributed by atoms with E-state index in [4.69, 9.17) is 4.74 Å². The molecule has 46 heavy (non-hydrogen) atoms. The number of fused-ring (bicyclic) bond motifs is 1. The summed E-state index contributed by atoms with van der Waals surface area (Å²) < 4.78 is 8.19. The lowest BCUT2D eigenvalue weighted by molar-refractivity contribution is -0.205. The zero-order valence-electron chi connectivity index (χ0n) is 27.8. The number of Topliss-reactive ketones (excluding diaryl/α,β-unsaturated/α-hetero) is 1. The number of ketones is 1. The molecule has 10 nitrogen and oxygen atoms in total. The molecule has 8 atom stereocenters. The molecule has 3 saturated carbocycles. The van der Waals surface area contributed by atoms with E-state index in [-0.39, 0.29) is 59.0 Å². The van der Waals surface area contributed by atoms with Crippen LogP contribution in [0.5, 0.6) is 0 Å². The van der Waals surface area contributed by atoms with Crippen LogP contribution in [0, 0.1) is 34.0 Å². The van der Waals surface area contributed by atoms with Crippen LogP contribution >= 0.6 is 24.2 Å². The van der Waals surface area contributed by atoms with E-state index in [2.05, 4.69) is 42.3 Å². The number of esters is 1. The molecule has 0 aromatic carbocycles. The summed E-state index contributed by atoms with van der Waals surface area (Å²) in [6.45, 7) is 13.6. The topological polar surface area (TPSA) is 128 Å². The Morgan fingerprint density at radius 1 is 1.26 bits per heavy atom. The van der Waals surface area contributed by atoms with Crippen molar-refractivity contribution in [2.75, 3.05) is 25.1 Å². The van der Waals surface area contributed by atoms with E-state index in [1.807, 2.05) is 17.6 Å². The molecule has 2 aromatic rings. The zero-order valence-corrected chi connectivity index (χ0v) is 29.4. The monoisotopic (exact) mass is 675 g/mol. The number of ether oxygens (including phenoxy) is 1. The van der Waals surface area contributed by atoms with Gasteiger partial charge in [0.15, 0.2) is 5.65 Å². The Labute approximate surface area is 282 Å². The maximum absolute atomic E-state index is 13.6. The van der Waals surface area contributed by atoms with Crippen molar-refractivity contribution in [3.63, 3.8) is 0 Å². The predicted octanol–water partition coefficient (Wildman–Crippen LogP) is 5.13. The average molecular weight is 676 g/mol. The molecule has 3 aliphatic rings. The predicted molar refractivity (Wildman–Crippen MR) is 181 cm³/mol. The van der Waals surface area contributed by atoms with Gasteiger partial charge in [0.2, 0.25) is 5.91 Å². The van der Waals surface area contributed by atoms with E-state index in [0.717, 1.165) is 25.7 Å². The Kier molecular flexibility index (Phi) is 11.3. The number of amides is 1. The van der Waals surface area contributed by atoms with E-state index in [9.17, 15) is 19.5 Å². The first-order valence-electron chi connectivity index (χ1n) is 16.3. The maximum atomic E-state index is 13.6. The second-order valence-electron chi connectivity index (χ2n) is 14.2. The molecule has 0 radical (unpaired) electrons. The highest BCUT2D eigenvalue weighted by Gasteiger charge is 2.68. The Morgan fingerprint density at radius 3 is 2.76 bits per heavy atom. The standard InChI is InChI=1S/C34H49N5O5S.ClH/c1-7-32(4)17-26(33(5)22(2)9-12-34(23(3)30(32)43)13-10-25(40)29(33)34)44-28(42)19-45-16-8-14-38(6)27(41)11-15-39-21-37-24-18-35-20-36-31(24)39;/h7,18,20-23,26,29-30,43H,1,8-17,19H2,2-6H3;1H/t22-,23+,26-,29+,30+,32-,33+,34+;/m1./s1. The van der Waals surface area contributed by atoms with Crippen LogP contribution in [-0.2, 0) is 25.7 Å². The molecule has 5 rings (SSSR count). The Morgan fingerprint density at radius 2 is 2.02 bits per heavy atom. The number of rotatable bonds is 11. The van der Waals surface area contributed by atoms with E-state index in [0.29, 0.717) is 49.3 Å². The maximum Gasteiger partial charge on any atom is 0.316 e. The molecule has 2 heterocycles. The first kappa shape index (κ1) is 36.3. The van der Waals surface area contributed by atoms with Gasteiger partial charge in [0.25, 0.3) is 0 Å². The minimum atomic E-state index is -0.676. The molecular formula is C34H50ClN5O5S. The van der Waals surface area contributed by atoms with Crippen molar-refractivity contribution >= 4 is 53.0 Å². The van der Waals surface area contributed by atoms with Crippen LogP contribution in [0.2, 0.25) is 0 Å². The van der Waals surface area contributed by atoms with Gasteiger partial charge in [-0.15, -0.1) is 19.0 Å². The summed E-state index contributed by atoms with van der Waals surface area (Å²) in [7, 11) is 1.80. The third kappa shape index (κ3) is 6.48. The molecule has 0 aliphatic heterocycles. The van der Waals surface area contributed by atoms with Crippen LogP contribution < -0.4 is 0 Å². The number of aryl methyl sites for hydroxylation is 1. The molecule has 1 N–H and O–H groups in total. The molecule has 3 aliphatic carbocycles. The smallest absolute Gasteiger partial charge is 0.316 e. The molecule has 2 aromatic heterocycles. The quantitative estimate of drug-likeness (QED) is 0.196. The van der Waals surface area contributed by atoms with E-state index < -0.39 is 23.0 Å². The lowest BCUT2D eigenvalue weighted by Gasteiger charge is -2.61. The van der Waals surface area contributed by atoms with Crippen LogP contribution in [0.15, 0.2) is 31.5 Å². The third-order valence-corrected chi connectivity index (χ3v) is 12.9. The highest BCUT2D eigenvalue weighted by atomic mass is 35.5. The Bertz CT molecular complexity index is 1440. The normalized spacial score (nSPS) is 33.8. The van der Waals surface area contributed by atoms with Gasteiger partial charge in [-0.3, -0.25) is 14.4 Å². The van der Waals surface area contributed by atoms with Gasteiger partial charge in [0.05, 0.1) is 24.4 Å². The highest BCUT2D eigenvalue weighted by Crippen LogP contribution is 2.68. The molecule has 254 valence electrons. The molecule has 0 unspecified atom stereocenters. The van der Waals surface area contributed by atoms with E-state index in [1.54, 1.807) is 24.5 Å². The summed E-state index contributed by atoms with van der Waals surface area (Å²) >= 11 is 1.50. The summed E-state index contributed by atoms with van der Waals surface area (Å²) in [6.07, 6.45) is 10.1. The molecule has 1 amide bonds. The molecule has 2 bridgehead atoms. The number of carbonyl (C=O) groups excluding carboxylic acids is 3. The number of hydrogen-bond acceptors (Lipinski definition) is 9. The van der Waals surface area contributed by atoms with Gasteiger partial charge in [0.1, 0.15) is 23.7 Å². The fourth-order valence-electron chi connectivity index (χ4n) is 8.76. The first-order chi connectivity index (χ1) is 21.4. The van der Waals surface area contributed by atoms with E-state index >= 15 is 0 Å². The van der Waals surface area contributed by atoms with Crippen LogP contribution in [0.25, 0.3) is 11.2 Å². The fourth-order valence-corrected chi connectivity index (χ4v) is 9.48. The van der Waals surface area contributed by atoms with Crippen molar-refractivity contribution in [1.82, 2.24) is 24.4 Å². The van der Waals surface area contributed by atoms with Gasteiger partial charge in [-0.2, -0.15) is 11.8 Å². The van der Waals surface area contributed by atoms with Gasteiger partial charge in [-0.05, 0) is 55.1 Å². The lowest BCUT2D eigenvalue weighted by Crippen LogP contribution is -2.63. The molecule has 0 spiro atoms. The van der Waals surface area contributed by atoms with Crippen molar-refractivity contribution in [1.29, 1.82) is 0 Å². The summed E-state index contributed by atoms with van der Waals surface area (Å²) in [5.74, 6) is 0.818. The number of halogens is 1. The molecular weight excluding hydrogens is 626 g/mol. The minimum Gasteiger partial charge on any atom is -0.461 e. The third-order valence-electron chi connectivity index (χ3n) is 11.9. The SMILES string of the molecule is C=C[C@]1(C)C[C@@H](OC(=O)CSCCCN(C)C(=O)CCn2cnc3cncnc32)[C@]2(C)[C@H](C)CC[C@]3(CCC(=O)[C@H]32)[C@@H](C)[C@@H]1O.Cl. The number of carbonyl (C=O) groups is 3. The van der Waals surface area contributed by atoms with Crippen molar-refractivity contribution in [3.05, 3.63) is 31.5 Å². The lowest BCUT2D eigenvalue weighted by atomic mass is 9.44. The number of aliphatic hydroxyl groups excluding tert-OH is 1. The summed E-state index contributed by atoms with van der Waals surface area (Å²) in [5, 5.41) is 11.7. The van der Waals surface area contributed by atoms with Crippen molar-refractivity contribution in [2.24, 2.45) is 34.0 Å². The van der Waals surface area contributed by atoms with Gasteiger partial charge >= 0.3 is 5.97 Å². The van der Waals surface area contributed by atoms with Crippen molar-refractivity contribution in [3.8, 4) is 0 Å². The summed E-state index contributed by atoms with van der Waals surface area (Å²) in [5.41, 5.74) is -0.0253. The van der Waals surface area contributed by atoms with Gasteiger partial charge in [0, 0.05) is 49.7 Å². The second kappa shape index (κ2) is 14.3. The highest BCUT2D eigenvalue weighted by molar-refractivity contribution is 7.99. The van der Waals surface area contributed by atoms with Crippen LogP contribution in [0.4, 0.5) is 0 Å². The van der Waals surface area contributed by atoms with Crippen molar-refractivity contribution < 1.29 is 24.2 Å². The number of imidazole rings is 1. The van der Waals surface area contributed by atoms with Crippen LogP contribution in [0.1, 0.15) is 72.6 Å². The average Bonchev–Trinajstić information content (AvgIpc) is 3.61. The zero-order chi connectivity index (χ0) is 32.6. The molecule has 12 heteroatoms. The number of nitrogens with zero attached hydrogens (tertiary/aromatic N) is 5. The van der Waals surface area contributed by atoms with Gasteiger partial charge in [-0.25, -0.2) is 15.0 Å². The largest absolute Gasteiger partial charge is 0.461 e. The fraction of sp³-hybridized carbons (Fsp3) is 0.706. The number of thioether (sulfide) groups is 1. The summed E-state index contributed by atoms with van der Waals surface area (Å²) in [6, 6.07) is 0.